The number of halogens is 3. The number of hydrogen-bond donors (Lipinski definition) is 1. The number of nitrogens with two attached hydrogens (primary N) is 1. The first kappa shape index (κ1) is 11.1. The molecule has 2 nitrogen and oxygen atoms in total. The monoisotopic (exact) mass is 235 g/mol. The average molecular weight is 236 g/mol. The molecule has 0 aliphatic carbocycles. The predicted octanol–water partition coefficient (Wildman–Crippen LogP) is 3.19. The quantitative estimate of drug-likeness (QED) is 0.818. The lowest BCUT2D eigenvalue weighted by atomic mass is 10.3. The number of benzene rings is 1. The predicted molar refractivity (Wildman–Crippen MR) is 56.3 cm³/mol. The van der Waals surface area contributed by atoms with Crippen molar-refractivity contribution < 1.29 is 9.13 Å². The SMILES string of the molecule is Nc1cc(Cl)c(F)cc1OC/C=C/Cl. The molecule has 76 valence electrons. The molecule has 0 bridgehead atoms. The zero-order valence-corrected chi connectivity index (χ0v) is 8.65. The average Bonchev–Trinajstić information content (AvgIpc) is 2.14. The minimum absolute atomic E-state index is 0.0252. The van der Waals surface area contributed by atoms with Crippen LogP contribution in [0.1, 0.15) is 0 Å². The van der Waals surface area contributed by atoms with Gasteiger partial charge in [0, 0.05) is 11.6 Å². The summed E-state index contributed by atoms with van der Waals surface area (Å²) in [6.45, 7) is 0.231. The van der Waals surface area contributed by atoms with Gasteiger partial charge in [-0.2, -0.15) is 0 Å². The van der Waals surface area contributed by atoms with Crippen molar-refractivity contribution in [3.63, 3.8) is 0 Å². The van der Waals surface area contributed by atoms with Gasteiger partial charge in [-0.25, -0.2) is 4.39 Å². The Morgan fingerprint density at radius 2 is 2.21 bits per heavy atom. The molecule has 0 spiro atoms. The zero-order valence-electron chi connectivity index (χ0n) is 7.14. The fourth-order valence-corrected chi connectivity index (χ4v) is 1.09. The molecule has 14 heavy (non-hydrogen) atoms. The maximum Gasteiger partial charge on any atom is 0.145 e. The molecular formula is C9H8Cl2FNO. The Morgan fingerprint density at radius 1 is 1.50 bits per heavy atom. The van der Waals surface area contributed by atoms with Crippen LogP contribution in [-0.4, -0.2) is 6.61 Å². The summed E-state index contributed by atoms with van der Waals surface area (Å²) in [5.41, 5.74) is 7.14. The van der Waals surface area contributed by atoms with E-state index in [2.05, 4.69) is 0 Å². The first-order valence-corrected chi connectivity index (χ1v) is 4.59. The van der Waals surface area contributed by atoms with Gasteiger partial charge in [0.25, 0.3) is 0 Å². The van der Waals surface area contributed by atoms with Gasteiger partial charge in [0.15, 0.2) is 0 Å². The molecule has 0 saturated heterocycles. The van der Waals surface area contributed by atoms with Crippen LogP contribution >= 0.6 is 23.2 Å². The molecule has 0 saturated carbocycles. The maximum atomic E-state index is 13.0. The van der Waals surface area contributed by atoms with E-state index >= 15 is 0 Å². The molecule has 5 heteroatoms. The van der Waals surface area contributed by atoms with Crippen LogP contribution in [0.4, 0.5) is 10.1 Å². The minimum atomic E-state index is -0.564. The molecule has 1 aromatic carbocycles. The van der Waals surface area contributed by atoms with Crippen molar-refractivity contribution in [2.75, 3.05) is 12.3 Å². The van der Waals surface area contributed by atoms with Crippen LogP contribution in [0.5, 0.6) is 5.75 Å². The van der Waals surface area contributed by atoms with E-state index in [9.17, 15) is 4.39 Å². The molecule has 0 aliphatic heterocycles. The van der Waals surface area contributed by atoms with Crippen molar-refractivity contribution in [3.8, 4) is 5.75 Å². The van der Waals surface area contributed by atoms with Crippen LogP contribution < -0.4 is 10.5 Å². The highest BCUT2D eigenvalue weighted by Crippen LogP contribution is 2.27. The van der Waals surface area contributed by atoms with Gasteiger partial charge in [0.05, 0.1) is 10.7 Å². The zero-order chi connectivity index (χ0) is 10.6. The van der Waals surface area contributed by atoms with E-state index in [1.54, 1.807) is 6.08 Å². The van der Waals surface area contributed by atoms with Gasteiger partial charge in [-0.05, 0) is 12.1 Å². The third-order valence-corrected chi connectivity index (χ3v) is 1.94. The first-order chi connectivity index (χ1) is 6.65. The second-order valence-corrected chi connectivity index (χ2v) is 3.14. The van der Waals surface area contributed by atoms with Gasteiger partial charge in [0.1, 0.15) is 18.2 Å². The van der Waals surface area contributed by atoms with Crippen molar-refractivity contribution in [1.82, 2.24) is 0 Å². The Hall–Kier alpha value is -0.930. The summed E-state index contributed by atoms with van der Waals surface area (Å²) in [5, 5.41) is -0.0252. The van der Waals surface area contributed by atoms with E-state index in [0.717, 1.165) is 6.07 Å². The van der Waals surface area contributed by atoms with E-state index in [1.807, 2.05) is 0 Å². The highest BCUT2D eigenvalue weighted by Gasteiger charge is 2.06. The first-order valence-electron chi connectivity index (χ1n) is 3.77. The van der Waals surface area contributed by atoms with Gasteiger partial charge in [-0.1, -0.05) is 23.2 Å². The maximum absolute atomic E-state index is 13.0. The minimum Gasteiger partial charge on any atom is -0.487 e. The topological polar surface area (TPSA) is 35.2 Å². The summed E-state index contributed by atoms with van der Waals surface area (Å²) < 4.78 is 18.1. The van der Waals surface area contributed by atoms with E-state index < -0.39 is 5.82 Å². The third kappa shape index (κ3) is 2.79. The van der Waals surface area contributed by atoms with E-state index in [4.69, 9.17) is 33.7 Å². The fraction of sp³-hybridized carbons (Fsp3) is 0.111. The molecular weight excluding hydrogens is 228 g/mol. The third-order valence-electron chi connectivity index (χ3n) is 1.48. The Labute approximate surface area is 91.1 Å². The Morgan fingerprint density at radius 3 is 2.86 bits per heavy atom. The van der Waals surface area contributed by atoms with Gasteiger partial charge in [0.2, 0.25) is 0 Å². The highest BCUT2D eigenvalue weighted by molar-refractivity contribution is 6.31. The smallest absolute Gasteiger partial charge is 0.145 e. The highest BCUT2D eigenvalue weighted by atomic mass is 35.5. The van der Waals surface area contributed by atoms with Gasteiger partial charge < -0.3 is 10.5 Å². The summed E-state index contributed by atoms with van der Waals surface area (Å²) in [4.78, 5) is 0. The molecule has 0 unspecified atom stereocenters. The number of hydrogen-bond acceptors (Lipinski definition) is 2. The number of anilines is 1. The van der Waals surface area contributed by atoms with Crippen LogP contribution in [-0.2, 0) is 0 Å². The molecule has 1 aromatic rings. The fourth-order valence-electron chi connectivity index (χ4n) is 0.843. The van der Waals surface area contributed by atoms with Crippen LogP contribution in [0.3, 0.4) is 0 Å². The Kier molecular flexibility index (Phi) is 4.04. The lowest BCUT2D eigenvalue weighted by Gasteiger charge is -2.07. The van der Waals surface area contributed by atoms with Crippen molar-refractivity contribution in [2.24, 2.45) is 0 Å². The molecule has 0 radical (unpaired) electrons. The number of nitrogen functional groups attached to an aromatic ring is 1. The summed E-state index contributed by atoms with van der Waals surface area (Å²) in [6, 6.07) is 2.44. The Balaban J connectivity index is 2.81. The summed E-state index contributed by atoms with van der Waals surface area (Å²) >= 11 is 10.8. The molecule has 2 N–H and O–H groups in total. The van der Waals surface area contributed by atoms with E-state index in [-0.39, 0.29) is 17.4 Å². The lowest BCUT2D eigenvalue weighted by Crippen LogP contribution is -1.98. The molecule has 0 aromatic heterocycles. The van der Waals surface area contributed by atoms with Crippen molar-refractivity contribution >= 4 is 28.9 Å². The molecule has 0 aliphatic rings. The van der Waals surface area contributed by atoms with Gasteiger partial charge in [-0.15, -0.1) is 0 Å². The number of rotatable bonds is 3. The lowest BCUT2D eigenvalue weighted by molar-refractivity contribution is 0.362. The summed E-state index contributed by atoms with van der Waals surface area (Å²) in [5.74, 6) is -0.313. The summed E-state index contributed by atoms with van der Waals surface area (Å²) in [6.07, 6.45) is 1.56. The molecule has 0 heterocycles. The number of ether oxygens (including phenoxy) is 1. The van der Waals surface area contributed by atoms with E-state index in [0.29, 0.717) is 5.69 Å². The second-order valence-electron chi connectivity index (χ2n) is 2.48. The van der Waals surface area contributed by atoms with Gasteiger partial charge >= 0.3 is 0 Å². The summed E-state index contributed by atoms with van der Waals surface area (Å²) in [7, 11) is 0. The standard InChI is InChI=1S/C9H8Cl2FNO/c10-2-1-3-14-9-5-7(12)6(11)4-8(9)13/h1-2,4-5H,3,13H2/b2-1+. The molecule has 0 amide bonds. The van der Waals surface area contributed by atoms with Crippen LogP contribution in [0.2, 0.25) is 5.02 Å². The van der Waals surface area contributed by atoms with E-state index in [1.165, 1.54) is 11.6 Å². The largest absolute Gasteiger partial charge is 0.487 e. The molecule has 1 rings (SSSR count). The normalized spacial score (nSPS) is 10.8. The van der Waals surface area contributed by atoms with Crippen molar-refractivity contribution in [2.45, 2.75) is 0 Å². The van der Waals surface area contributed by atoms with Crippen LogP contribution in [0.25, 0.3) is 0 Å². The Bertz CT molecular complexity index is 355. The molecule has 0 atom stereocenters. The van der Waals surface area contributed by atoms with Crippen molar-refractivity contribution in [1.29, 1.82) is 0 Å². The van der Waals surface area contributed by atoms with Crippen LogP contribution in [0, 0.1) is 5.82 Å². The molecule has 0 fully saturated rings. The second kappa shape index (κ2) is 5.08. The van der Waals surface area contributed by atoms with Crippen LogP contribution in [0.15, 0.2) is 23.7 Å². The van der Waals surface area contributed by atoms with Gasteiger partial charge in [-0.3, -0.25) is 0 Å². The van der Waals surface area contributed by atoms with Crippen molar-refractivity contribution in [3.05, 3.63) is 34.6 Å².